The minimum atomic E-state index is -3.68. The number of carbonyl (C=O) groups excluding carboxylic acids is 2. The molecule has 2 aliphatic heterocycles. The topological polar surface area (TPSA) is 121 Å². The zero-order chi connectivity index (χ0) is 22.3. The lowest BCUT2D eigenvalue weighted by molar-refractivity contribution is -0.385. The molecule has 2 aliphatic rings. The maximum absolute atomic E-state index is 12.8. The number of nitrogens with zero attached hydrogens (tertiary/aromatic N) is 4. The Kier molecular flexibility index (Phi) is 5.52. The minimum Gasteiger partial charge on any atom is -0.283 e. The molecule has 0 atom stereocenters. The van der Waals surface area contributed by atoms with Gasteiger partial charge in [0.1, 0.15) is 5.56 Å². The molecular weight excluding hydrogens is 448 g/mol. The summed E-state index contributed by atoms with van der Waals surface area (Å²) in [6, 6.07) is 9.84. The van der Waals surface area contributed by atoms with Gasteiger partial charge < -0.3 is 0 Å². The largest absolute Gasteiger partial charge is 0.283 e. The first-order chi connectivity index (χ1) is 14.7. The number of piperazine rings is 1. The second-order valence-corrected chi connectivity index (χ2v) is 9.49. The van der Waals surface area contributed by atoms with Crippen molar-refractivity contribution in [3.05, 3.63) is 68.7 Å². The summed E-state index contributed by atoms with van der Waals surface area (Å²) in [6.07, 6.45) is 0. The molecule has 0 saturated carbocycles. The molecule has 1 saturated heterocycles. The molecule has 4 rings (SSSR count). The molecule has 162 valence electrons. The Morgan fingerprint density at radius 3 is 2.23 bits per heavy atom. The zero-order valence-corrected chi connectivity index (χ0v) is 17.7. The summed E-state index contributed by atoms with van der Waals surface area (Å²) in [7, 11) is -3.68. The highest BCUT2D eigenvalue weighted by Crippen LogP contribution is 2.31. The van der Waals surface area contributed by atoms with Gasteiger partial charge in [-0.1, -0.05) is 17.7 Å². The monoisotopic (exact) mass is 464 g/mol. The van der Waals surface area contributed by atoms with Crippen molar-refractivity contribution in [2.45, 2.75) is 4.90 Å². The van der Waals surface area contributed by atoms with E-state index in [0.29, 0.717) is 18.1 Å². The number of sulfonamides is 1. The van der Waals surface area contributed by atoms with E-state index in [9.17, 15) is 28.1 Å². The number of hydrogen-bond donors (Lipinski definition) is 0. The lowest BCUT2D eigenvalue weighted by Crippen LogP contribution is -2.52. The van der Waals surface area contributed by atoms with Crippen LogP contribution in [0.4, 0.5) is 5.69 Å². The Labute approximate surface area is 182 Å². The number of nitro groups is 1. The van der Waals surface area contributed by atoms with Crippen LogP contribution in [0, 0.1) is 10.1 Å². The molecule has 2 heterocycles. The number of carbonyl (C=O) groups is 2. The zero-order valence-electron chi connectivity index (χ0n) is 16.1. The number of fused-ring (bicyclic) bond motifs is 1. The van der Waals surface area contributed by atoms with Crippen molar-refractivity contribution in [2.75, 3.05) is 32.8 Å². The van der Waals surface area contributed by atoms with E-state index in [4.69, 9.17) is 11.6 Å². The number of halogens is 1. The molecule has 0 radical (unpaired) electrons. The number of rotatable bonds is 5. The van der Waals surface area contributed by atoms with Crippen molar-refractivity contribution >= 4 is 39.1 Å². The molecule has 0 spiro atoms. The predicted molar refractivity (Wildman–Crippen MR) is 110 cm³/mol. The first-order valence-corrected chi connectivity index (χ1v) is 11.1. The highest BCUT2D eigenvalue weighted by Gasteiger charge is 2.42. The van der Waals surface area contributed by atoms with Crippen LogP contribution in [0.3, 0.4) is 0 Å². The maximum atomic E-state index is 12.8. The van der Waals surface area contributed by atoms with Crippen LogP contribution in [-0.2, 0) is 10.0 Å². The van der Waals surface area contributed by atoms with E-state index in [1.54, 1.807) is 4.90 Å². The number of hydrogen-bond acceptors (Lipinski definition) is 7. The summed E-state index contributed by atoms with van der Waals surface area (Å²) in [5, 5.41) is 11.7. The van der Waals surface area contributed by atoms with Crippen molar-refractivity contribution in [3.8, 4) is 0 Å². The smallest absolute Gasteiger partial charge is 0.282 e. The molecule has 2 aromatic rings. The molecular formula is C19H17ClN4O6S. The highest BCUT2D eigenvalue weighted by molar-refractivity contribution is 7.89. The quantitative estimate of drug-likeness (QED) is 0.375. The van der Waals surface area contributed by atoms with Crippen LogP contribution < -0.4 is 0 Å². The molecule has 0 bridgehead atoms. The van der Waals surface area contributed by atoms with Gasteiger partial charge in [0.05, 0.1) is 22.1 Å². The van der Waals surface area contributed by atoms with Gasteiger partial charge in [-0.2, -0.15) is 4.31 Å². The Morgan fingerprint density at radius 2 is 1.61 bits per heavy atom. The van der Waals surface area contributed by atoms with Crippen LogP contribution in [-0.4, -0.2) is 72.1 Å². The number of nitro benzene ring substituents is 1. The van der Waals surface area contributed by atoms with E-state index in [-0.39, 0.29) is 35.8 Å². The van der Waals surface area contributed by atoms with Crippen LogP contribution in [0.2, 0.25) is 5.02 Å². The molecule has 31 heavy (non-hydrogen) atoms. The molecule has 0 N–H and O–H groups in total. The van der Waals surface area contributed by atoms with E-state index in [2.05, 4.69) is 0 Å². The molecule has 0 aliphatic carbocycles. The Hall–Kier alpha value is -2.86. The summed E-state index contributed by atoms with van der Waals surface area (Å²) in [4.78, 5) is 38.7. The normalized spacial score (nSPS) is 17.8. The van der Waals surface area contributed by atoms with Gasteiger partial charge in [0.25, 0.3) is 17.5 Å². The fourth-order valence-electron chi connectivity index (χ4n) is 3.66. The highest BCUT2D eigenvalue weighted by atomic mass is 35.5. The number of imide groups is 1. The van der Waals surface area contributed by atoms with Gasteiger partial charge in [0.2, 0.25) is 10.0 Å². The van der Waals surface area contributed by atoms with Crippen molar-refractivity contribution < 1.29 is 22.9 Å². The molecule has 12 heteroatoms. The SMILES string of the molecule is O=C1c2cccc([N+](=O)[O-])c2C(=O)N1CN1CCN(S(=O)(=O)c2ccc(Cl)cc2)CC1. The van der Waals surface area contributed by atoms with Crippen LogP contribution in [0.5, 0.6) is 0 Å². The van der Waals surface area contributed by atoms with Crippen molar-refractivity contribution in [2.24, 2.45) is 0 Å². The Bertz CT molecular complexity index is 1180. The second-order valence-electron chi connectivity index (χ2n) is 7.11. The minimum absolute atomic E-state index is 0.00292. The van der Waals surface area contributed by atoms with E-state index < -0.39 is 32.4 Å². The van der Waals surface area contributed by atoms with Crippen molar-refractivity contribution in [3.63, 3.8) is 0 Å². The maximum Gasteiger partial charge on any atom is 0.282 e. The van der Waals surface area contributed by atoms with Gasteiger partial charge in [0.15, 0.2) is 0 Å². The van der Waals surface area contributed by atoms with E-state index >= 15 is 0 Å². The van der Waals surface area contributed by atoms with Crippen molar-refractivity contribution in [1.29, 1.82) is 0 Å². The summed E-state index contributed by atoms with van der Waals surface area (Å²) < 4.78 is 26.9. The summed E-state index contributed by atoms with van der Waals surface area (Å²) in [6.45, 7) is 0.867. The Balaban J connectivity index is 1.44. The van der Waals surface area contributed by atoms with E-state index in [0.717, 1.165) is 4.90 Å². The van der Waals surface area contributed by atoms with Crippen molar-refractivity contribution in [1.82, 2.24) is 14.1 Å². The standard InChI is InChI=1S/C19H17ClN4O6S/c20-13-4-6-14(7-5-13)31(29,30)22-10-8-21(9-11-22)12-23-18(25)15-2-1-3-16(24(27)28)17(15)19(23)26/h1-7H,8-12H2. The van der Waals surface area contributed by atoms with E-state index in [1.165, 1.54) is 46.8 Å². The fraction of sp³-hybridized carbons (Fsp3) is 0.263. The lowest BCUT2D eigenvalue weighted by atomic mass is 10.1. The summed E-state index contributed by atoms with van der Waals surface area (Å²) in [5.74, 6) is -1.32. The van der Waals surface area contributed by atoms with Crippen LogP contribution in [0.15, 0.2) is 47.4 Å². The summed E-state index contributed by atoms with van der Waals surface area (Å²) in [5.41, 5.74) is -0.609. The molecule has 2 amide bonds. The molecule has 0 aromatic heterocycles. The van der Waals surface area contributed by atoms with E-state index in [1.807, 2.05) is 0 Å². The van der Waals surface area contributed by atoms with Gasteiger partial charge in [-0.05, 0) is 30.3 Å². The fourth-order valence-corrected chi connectivity index (χ4v) is 5.21. The lowest BCUT2D eigenvalue weighted by Gasteiger charge is -2.35. The number of benzene rings is 2. The van der Waals surface area contributed by atoms with Crippen LogP contribution >= 0.6 is 11.6 Å². The molecule has 2 aromatic carbocycles. The molecule has 1 fully saturated rings. The second kappa shape index (κ2) is 8.00. The van der Waals surface area contributed by atoms with Gasteiger partial charge in [-0.3, -0.25) is 29.5 Å². The molecule has 0 unspecified atom stereocenters. The third-order valence-electron chi connectivity index (χ3n) is 5.30. The average molecular weight is 465 g/mol. The van der Waals surface area contributed by atoms with Gasteiger partial charge >= 0.3 is 0 Å². The van der Waals surface area contributed by atoms with Crippen LogP contribution in [0.25, 0.3) is 0 Å². The summed E-state index contributed by atoms with van der Waals surface area (Å²) >= 11 is 5.82. The third kappa shape index (κ3) is 3.81. The van der Waals surface area contributed by atoms with Gasteiger partial charge in [-0.25, -0.2) is 8.42 Å². The Morgan fingerprint density at radius 1 is 0.968 bits per heavy atom. The predicted octanol–water partition coefficient (Wildman–Crippen LogP) is 1.81. The third-order valence-corrected chi connectivity index (χ3v) is 7.46. The van der Waals surface area contributed by atoms with Gasteiger partial charge in [0, 0.05) is 37.3 Å². The van der Waals surface area contributed by atoms with Gasteiger partial charge in [-0.15, -0.1) is 0 Å². The average Bonchev–Trinajstić information content (AvgIpc) is 2.99. The first kappa shape index (κ1) is 21.4. The molecule has 10 nitrogen and oxygen atoms in total. The first-order valence-electron chi connectivity index (χ1n) is 9.32. The number of amides is 2. The van der Waals surface area contributed by atoms with Crippen LogP contribution in [0.1, 0.15) is 20.7 Å².